The number of hydrogen-bond donors (Lipinski definition) is 3. The minimum absolute atomic E-state index is 0.211. The molecule has 2 aromatic rings. The summed E-state index contributed by atoms with van der Waals surface area (Å²) in [6.45, 7) is 2.57. The zero-order valence-electron chi connectivity index (χ0n) is 10.6. The highest BCUT2D eigenvalue weighted by Gasteiger charge is 2.10. The molecule has 0 saturated carbocycles. The van der Waals surface area contributed by atoms with Gasteiger partial charge in [-0.15, -0.1) is 0 Å². The van der Waals surface area contributed by atoms with Gasteiger partial charge < -0.3 is 10.6 Å². The maximum atomic E-state index is 12.1. The molecule has 0 aliphatic heterocycles. The van der Waals surface area contributed by atoms with Gasteiger partial charge in [0.1, 0.15) is 11.0 Å². The molecule has 0 saturated heterocycles. The number of H-pyrrole nitrogens is 1. The van der Waals surface area contributed by atoms with E-state index >= 15 is 0 Å². The van der Waals surface area contributed by atoms with E-state index in [1.807, 2.05) is 6.92 Å². The molecule has 8 heteroatoms. The van der Waals surface area contributed by atoms with Gasteiger partial charge in [-0.05, 0) is 25.1 Å². The van der Waals surface area contributed by atoms with E-state index < -0.39 is 5.91 Å². The number of aromatic nitrogens is 3. The second-order valence-electron chi connectivity index (χ2n) is 3.85. The lowest BCUT2D eigenvalue weighted by Crippen LogP contribution is -2.16. The van der Waals surface area contributed by atoms with Gasteiger partial charge in [-0.3, -0.25) is 9.59 Å². The van der Waals surface area contributed by atoms with Crippen molar-refractivity contribution in [2.75, 3.05) is 17.2 Å². The van der Waals surface area contributed by atoms with Crippen LogP contribution in [-0.4, -0.2) is 27.6 Å². The number of nitrogens with one attached hydrogen (secondary N) is 3. The van der Waals surface area contributed by atoms with Crippen molar-refractivity contribution < 1.29 is 4.79 Å². The Kier molecular flexibility index (Phi) is 4.31. The summed E-state index contributed by atoms with van der Waals surface area (Å²) in [5.41, 5.74) is -0.00154. The Morgan fingerprint density at radius 2 is 2.15 bits per heavy atom. The molecule has 0 aliphatic carbocycles. The SMILES string of the molecule is CCNc1cc(C(=O)Nc2ccc(=O)[nH]n2)cc(Cl)n1. The lowest BCUT2D eigenvalue weighted by atomic mass is 10.2. The maximum absolute atomic E-state index is 12.1. The molecule has 0 bridgehead atoms. The van der Waals surface area contributed by atoms with Gasteiger partial charge in [0.05, 0.1) is 0 Å². The minimum atomic E-state index is -0.395. The smallest absolute Gasteiger partial charge is 0.264 e. The van der Waals surface area contributed by atoms with Crippen LogP contribution in [0.1, 0.15) is 17.3 Å². The lowest BCUT2D eigenvalue weighted by Gasteiger charge is -2.07. The van der Waals surface area contributed by atoms with Gasteiger partial charge >= 0.3 is 0 Å². The molecule has 0 radical (unpaired) electrons. The fourth-order valence-corrected chi connectivity index (χ4v) is 1.71. The van der Waals surface area contributed by atoms with E-state index in [1.165, 1.54) is 18.2 Å². The Balaban J connectivity index is 2.20. The zero-order chi connectivity index (χ0) is 14.5. The third-order valence-electron chi connectivity index (χ3n) is 2.33. The highest BCUT2D eigenvalue weighted by Crippen LogP contribution is 2.15. The number of amides is 1. The average molecular weight is 294 g/mol. The molecule has 20 heavy (non-hydrogen) atoms. The van der Waals surface area contributed by atoms with Gasteiger partial charge in [0.25, 0.3) is 11.5 Å². The van der Waals surface area contributed by atoms with Crippen LogP contribution in [0.15, 0.2) is 29.1 Å². The number of carbonyl (C=O) groups excluding carboxylic acids is 1. The fourth-order valence-electron chi connectivity index (χ4n) is 1.50. The molecule has 0 fully saturated rings. The topological polar surface area (TPSA) is 99.8 Å². The van der Waals surface area contributed by atoms with E-state index in [0.29, 0.717) is 17.9 Å². The molecular weight excluding hydrogens is 282 g/mol. The van der Waals surface area contributed by atoms with Crippen LogP contribution in [0.3, 0.4) is 0 Å². The van der Waals surface area contributed by atoms with E-state index in [1.54, 1.807) is 6.07 Å². The first-order valence-corrected chi connectivity index (χ1v) is 6.25. The van der Waals surface area contributed by atoms with Crippen LogP contribution in [0.5, 0.6) is 0 Å². The maximum Gasteiger partial charge on any atom is 0.264 e. The number of aromatic amines is 1. The number of hydrogen-bond acceptors (Lipinski definition) is 5. The van der Waals surface area contributed by atoms with Crippen LogP contribution in [0.4, 0.5) is 11.6 Å². The average Bonchev–Trinajstić information content (AvgIpc) is 2.41. The Morgan fingerprint density at radius 1 is 1.35 bits per heavy atom. The van der Waals surface area contributed by atoms with E-state index in [4.69, 9.17) is 11.6 Å². The van der Waals surface area contributed by atoms with Crippen molar-refractivity contribution in [3.05, 3.63) is 45.3 Å². The number of carbonyl (C=O) groups is 1. The van der Waals surface area contributed by atoms with Crippen molar-refractivity contribution in [2.45, 2.75) is 6.92 Å². The largest absolute Gasteiger partial charge is 0.370 e. The number of anilines is 2. The summed E-state index contributed by atoms with van der Waals surface area (Å²) in [5.74, 6) is 0.361. The fraction of sp³-hybridized carbons (Fsp3) is 0.167. The molecule has 2 aromatic heterocycles. The van der Waals surface area contributed by atoms with Crippen molar-refractivity contribution in [1.82, 2.24) is 15.2 Å². The molecule has 0 aromatic carbocycles. The van der Waals surface area contributed by atoms with Gasteiger partial charge in [0, 0.05) is 18.2 Å². The van der Waals surface area contributed by atoms with E-state index in [9.17, 15) is 9.59 Å². The van der Waals surface area contributed by atoms with Crippen LogP contribution >= 0.6 is 11.6 Å². The van der Waals surface area contributed by atoms with Gasteiger partial charge in [0.2, 0.25) is 0 Å². The second kappa shape index (κ2) is 6.16. The monoisotopic (exact) mass is 293 g/mol. The Bertz CT molecular complexity index is 665. The number of nitrogens with zero attached hydrogens (tertiary/aromatic N) is 2. The van der Waals surface area contributed by atoms with Crippen LogP contribution in [0, 0.1) is 0 Å². The first kappa shape index (κ1) is 14.0. The summed E-state index contributed by atoms with van der Waals surface area (Å²) < 4.78 is 0. The predicted molar refractivity (Wildman–Crippen MR) is 76.2 cm³/mol. The number of halogens is 1. The van der Waals surface area contributed by atoms with E-state index in [-0.39, 0.29) is 16.5 Å². The molecule has 2 rings (SSSR count). The Hall–Kier alpha value is -2.41. The minimum Gasteiger partial charge on any atom is -0.370 e. The van der Waals surface area contributed by atoms with E-state index in [0.717, 1.165) is 0 Å². The Labute approximate surface area is 119 Å². The number of pyridine rings is 1. The summed E-state index contributed by atoms with van der Waals surface area (Å²) in [4.78, 5) is 27.0. The molecule has 7 nitrogen and oxygen atoms in total. The van der Waals surface area contributed by atoms with Crippen LogP contribution in [-0.2, 0) is 0 Å². The molecule has 0 unspecified atom stereocenters. The summed E-state index contributed by atoms with van der Waals surface area (Å²) in [6.07, 6.45) is 0. The summed E-state index contributed by atoms with van der Waals surface area (Å²) in [5, 5.41) is 11.7. The van der Waals surface area contributed by atoms with Crippen LogP contribution < -0.4 is 16.2 Å². The van der Waals surface area contributed by atoms with Gasteiger partial charge in [-0.25, -0.2) is 10.1 Å². The predicted octanol–water partition coefficient (Wildman–Crippen LogP) is 1.50. The van der Waals surface area contributed by atoms with Crippen molar-refractivity contribution >= 4 is 29.1 Å². The first-order chi connectivity index (χ1) is 9.58. The summed E-state index contributed by atoms with van der Waals surface area (Å²) >= 11 is 5.86. The zero-order valence-corrected chi connectivity index (χ0v) is 11.4. The van der Waals surface area contributed by atoms with Crippen molar-refractivity contribution in [3.8, 4) is 0 Å². The third-order valence-corrected chi connectivity index (χ3v) is 2.53. The molecule has 2 heterocycles. The third kappa shape index (κ3) is 3.55. The van der Waals surface area contributed by atoms with Crippen molar-refractivity contribution in [1.29, 1.82) is 0 Å². The highest BCUT2D eigenvalue weighted by atomic mass is 35.5. The standard InChI is InChI=1S/C12H12ClN5O2/c1-2-14-10-6-7(5-8(13)15-10)12(20)16-9-3-4-11(19)18-17-9/h3-6H,2H2,1H3,(H,14,15)(H,18,19)(H,16,17,20). The van der Waals surface area contributed by atoms with Crippen LogP contribution in [0.2, 0.25) is 5.15 Å². The molecule has 0 spiro atoms. The van der Waals surface area contributed by atoms with Crippen molar-refractivity contribution in [2.24, 2.45) is 0 Å². The summed E-state index contributed by atoms with van der Waals surface area (Å²) in [7, 11) is 0. The second-order valence-corrected chi connectivity index (χ2v) is 4.24. The molecule has 0 atom stereocenters. The van der Waals surface area contributed by atoms with E-state index in [2.05, 4.69) is 25.8 Å². The first-order valence-electron chi connectivity index (χ1n) is 5.87. The van der Waals surface area contributed by atoms with Gasteiger partial charge in [-0.2, -0.15) is 5.10 Å². The van der Waals surface area contributed by atoms with Crippen LogP contribution in [0.25, 0.3) is 0 Å². The quantitative estimate of drug-likeness (QED) is 0.742. The normalized spacial score (nSPS) is 10.1. The molecule has 1 amide bonds. The van der Waals surface area contributed by atoms with Crippen molar-refractivity contribution in [3.63, 3.8) is 0 Å². The molecule has 3 N–H and O–H groups in total. The van der Waals surface area contributed by atoms with Gasteiger partial charge in [-0.1, -0.05) is 11.6 Å². The summed E-state index contributed by atoms with van der Waals surface area (Å²) in [6, 6.07) is 5.71. The molecular formula is C12H12ClN5O2. The number of rotatable bonds is 4. The highest BCUT2D eigenvalue weighted by molar-refractivity contribution is 6.30. The molecule has 104 valence electrons. The van der Waals surface area contributed by atoms with Gasteiger partial charge in [0.15, 0.2) is 5.82 Å². The Morgan fingerprint density at radius 3 is 2.80 bits per heavy atom. The molecule has 0 aliphatic rings. The lowest BCUT2D eigenvalue weighted by molar-refractivity contribution is 0.102.